The zero-order valence-corrected chi connectivity index (χ0v) is 18.4. The van der Waals surface area contributed by atoms with E-state index in [-0.39, 0.29) is 5.41 Å². The highest BCUT2D eigenvalue weighted by Gasteiger charge is 2.41. The molecule has 2 heteroatoms. The van der Waals surface area contributed by atoms with E-state index < -0.39 is 0 Å². The van der Waals surface area contributed by atoms with Crippen molar-refractivity contribution < 1.29 is 0 Å². The molecular formula is C24H37NS. The van der Waals surface area contributed by atoms with E-state index >= 15 is 0 Å². The molecule has 0 unspecified atom stereocenters. The van der Waals surface area contributed by atoms with Crippen LogP contribution in [0.4, 0.5) is 0 Å². The lowest BCUT2D eigenvalue weighted by atomic mass is 9.61. The summed E-state index contributed by atoms with van der Waals surface area (Å²) in [6.45, 7) is 15.7. The van der Waals surface area contributed by atoms with Gasteiger partial charge in [-0.25, -0.2) is 4.99 Å². The Hall–Kier alpha value is -1.02. The minimum absolute atomic E-state index is 0.213. The first-order valence-electron chi connectivity index (χ1n) is 10.5. The van der Waals surface area contributed by atoms with Crippen molar-refractivity contribution in [1.29, 1.82) is 0 Å². The average Bonchev–Trinajstić information content (AvgIpc) is 2.60. The van der Waals surface area contributed by atoms with Crippen LogP contribution in [-0.2, 0) is 0 Å². The van der Waals surface area contributed by atoms with Crippen molar-refractivity contribution >= 4 is 16.8 Å². The molecule has 0 amide bonds. The summed E-state index contributed by atoms with van der Waals surface area (Å²) in [6, 6.07) is 0. The summed E-state index contributed by atoms with van der Waals surface area (Å²) in [5.74, 6) is 1.14. The van der Waals surface area contributed by atoms with Gasteiger partial charge in [0.15, 0.2) is 0 Å². The first kappa shape index (κ1) is 21.3. The van der Waals surface area contributed by atoms with Crippen molar-refractivity contribution in [1.82, 2.24) is 0 Å². The van der Waals surface area contributed by atoms with Gasteiger partial charge in [0.1, 0.15) is 0 Å². The van der Waals surface area contributed by atoms with E-state index in [9.17, 15) is 0 Å². The van der Waals surface area contributed by atoms with Crippen LogP contribution < -0.4 is 0 Å². The van der Waals surface area contributed by atoms with Crippen molar-refractivity contribution in [2.75, 3.05) is 5.75 Å². The highest BCUT2D eigenvalue weighted by molar-refractivity contribution is 8.13. The molecule has 0 N–H and O–H groups in total. The summed E-state index contributed by atoms with van der Waals surface area (Å²) in [5, 5.41) is 1.19. The fraction of sp³-hybridized carbons (Fsp3) is 0.625. The van der Waals surface area contributed by atoms with E-state index in [2.05, 4.69) is 53.3 Å². The Kier molecular flexibility index (Phi) is 8.01. The SMILES string of the molecule is C=C(C)C1=C(N=C(C)SCCC)C2=CCCC=C2CC1(CCC)CCC. The fourth-order valence-electron chi connectivity index (χ4n) is 4.70. The van der Waals surface area contributed by atoms with Gasteiger partial charge in [0.05, 0.1) is 10.7 Å². The molecule has 0 spiro atoms. The Balaban J connectivity index is 2.67. The second-order valence-corrected chi connectivity index (χ2v) is 9.15. The van der Waals surface area contributed by atoms with Gasteiger partial charge in [-0.05, 0) is 74.8 Å². The molecule has 26 heavy (non-hydrogen) atoms. The van der Waals surface area contributed by atoms with Crippen LogP contribution in [0.2, 0.25) is 0 Å². The van der Waals surface area contributed by atoms with E-state index in [1.54, 1.807) is 0 Å². The zero-order chi connectivity index (χ0) is 19.2. The molecule has 0 bridgehead atoms. The number of aliphatic imine (C=N–C) groups is 1. The smallest absolute Gasteiger partial charge is 0.0751 e. The average molecular weight is 372 g/mol. The van der Waals surface area contributed by atoms with Crippen molar-refractivity contribution in [2.24, 2.45) is 10.4 Å². The van der Waals surface area contributed by atoms with Gasteiger partial charge in [-0.3, -0.25) is 0 Å². The largest absolute Gasteiger partial charge is 0.246 e. The van der Waals surface area contributed by atoms with Gasteiger partial charge in [0, 0.05) is 5.41 Å². The molecule has 0 aromatic carbocycles. The maximum Gasteiger partial charge on any atom is 0.0751 e. The summed E-state index contributed by atoms with van der Waals surface area (Å²) in [6.07, 6.45) is 14.5. The van der Waals surface area contributed by atoms with Crippen molar-refractivity contribution in [3.05, 3.63) is 46.7 Å². The van der Waals surface area contributed by atoms with E-state index in [1.165, 1.54) is 78.0 Å². The van der Waals surface area contributed by atoms with Crippen LogP contribution in [0.15, 0.2) is 51.7 Å². The highest BCUT2D eigenvalue weighted by atomic mass is 32.2. The second-order valence-electron chi connectivity index (χ2n) is 7.86. The third-order valence-electron chi connectivity index (χ3n) is 5.47. The first-order valence-corrected chi connectivity index (χ1v) is 11.5. The lowest BCUT2D eigenvalue weighted by Crippen LogP contribution is -2.31. The molecular weight excluding hydrogens is 334 g/mol. The molecule has 2 aliphatic rings. The Morgan fingerprint density at radius 2 is 1.73 bits per heavy atom. The van der Waals surface area contributed by atoms with Crippen LogP contribution in [0.25, 0.3) is 0 Å². The predicted octanol–water partition coefficient (Wildman–Crippen LogP) is 8.02. The molecule has 0 aromatic heterocycles. The Bertz CT molecular complexity index is 639. The molecule has 0 atom stereocenters. The van der Waals surface area contributed by atoms with Gasteiger partial charge in [-0.2, -0.15) is 0 Å². The van der Waals surface area contributed by atoms with Gasteiger partial charge in [-0.15, -0.1) is 11.8 Å². The normalized spacial score (nSPS) is 19.8. The topological polar surface area (TPSA) is 12.4 Å². The highest BCUT2D eigenvalue weighted by Crippen LogP contribution is 2.54. The molecule has 0 fully saturated rings. The van der Waals surface area contributed by atoms with E-state index in [4.69, 9.17) is 4.99 Å². The maximum atomic E-state index is 5.21. The summed E-state index contributed by atoms with van der Waals surface area (Å²) < 4.78 is 0. The van der Waals surface area contributed by atoms with E-state index in [1.807, 2.05) is 11.8 Å². The first-order chi connectivity index (χ1) is 12.5. The number of rotatable bonds is 8. The third-order valence-corrected chi connectivity index (χ3v) is 6.59. The molecule has 2 rings (SSSR count). The Morgan fingerprint density at radius 3 is 2.31 bits per heavy atom. The van der Waals surface area contributed by atoms with Gasteiger partial charge in [-0.1, -0.05) is 57.9 Å². The van der Waals surface area contributed by atoms with Crippen molar-refractivity contribution in [3.8, 4) is 0 Å². The lowest BCUT2D eigenvalue weighted by Gasteiger charge is -2.43. The number of allylic oxidation sites excluding steroid dienone is 5. The summed E-state index contributed by atoms with van der Waals surface area (Å²) in [5.41, 5.74) is 7.04. The van der Waals surface area contributed by atoms with Crippen LogP contribution >= 0.6 is 11.8 Å². The van der Waals surface area contributed by atoms with Gasteiger partial charge < -0.3 is 0 Å². The van der Waals surface area contributed by atoms with Crippen molar-refractivity contribution in [2.45, 2.75) is 86.0 Å². The van der Waals surface area contributed by atoms with Crippen LogP contribution in [0.1, 0.15) is 86.0 Å². The number of fused-ring (bicyclic) bond motifs is 1. The van der Waals surface area contributed by atoms with Gasteiger partial charge in [0.2, 0.25) is 0 Å². The van der Waals surface area contributed by atoms with Crippen LogP contribution in [-0.4, -0.2) is 10.8 Å². The maximum absolute atomic E-state index is 5.21. The molecule has 0 saturated heterocycles. The Labute approximate surface area is 165 Å². The van der Waals surface area contributed by atoms with Crippen molar-refractivity contribution in [3.63, 3.8) is 0 Å². The molecule has 0 heterocycles. The number of hydrogen-bond donors (Lipinski definition) is 0. The van der Waals surface area contributed by atoms with E-state index in [0.29, 0.717) is 0 Å². The number of hydrogen-bond acceptors (Lipinski definition) is 2. The minimum atomic E-state index is 0.213. The molecule has 1 nitrogen and oxygen atoms in total. The molecule has 2 aliphatic carbocycles. The minimum Gasteiger partial charge on any atom is -0.246 e. The number of nitrogens with zero attached hydrogens (tertiary/aromatic N) is 1. The van der Waals surface area contributed by atoms with Crippen LogP contribution in [0.3, 0.4) is 0 Å². The molecule has 144 valence electrons. The quantitative estimate of drug-likeness (QED) is 0.311. The number of thioether (sulfide) groups is 1. The van der Waals surface area contributed by atoms with Gasteiger partial charge >= 0.3 is 0 Å². The standard InChI is InChI=1S/C24H37NS/c1-7-14-24(15-8-2)17-20-12-10-11-13-21(20)23(22(24)18(4)5)25-19(6)26-16-9-3/h12-13H,4,7-11,14-17H2,1-3,5-6H3. The molecule has 0 saturated carbocycles. The Morgan fingerprint density at radius 1 is 1.08 bits per heavy atom. The van der Waals surface area contributed by atoms with Crippen LogP contribution in [0.5, 0.6) is 0 Å². The molecule has 0 aliphatic heterocycles. The summed E-state index contributed by atoms with van der Waals surface area (Å²) in [4.78, 5) is 5.21. The third kappa shape index (κ3) is 4.63. The van der Waals surface area contributed by atoms with Gasteiger partial charge in [0.25, 0.3) is 0 Å². The van der Waals surface area contributed by atoms with E-state index in [0.717, 1.165) is 12.2 Å². The molecule has 0 radical (unpaired) electrons. The predicted molar refractivity (Wildman–Crippen MR) is 120 cm³/mol. The summed E-state index contributed by atoms with van der Waals surface area (Å²) >= 11 is 1.89. The molecule has 0 aromatic rings. The van der Waals surface area contributed by atoms with Crippen LogP contribution in [0, 0.1) is 5.41 Å². The fourth-order valence-corrected chi connectivity index (χ4v) is 5.36. The second kappa shape index (κ2) is 9.78. The summed E-state index contributed by atoms with van der Waals surface area (Å²) in [7, 11) is 0. The zero-order valence-electron chi connectivity index (χ0n) is 17.6. The monoisotopic (exact) mass is 371 g/mol. The lowest BCUT2D eigenvalue weighted by molar-refractivity contribution is 0.286.